The number of amides is 3. The van der Waals surface area contributed by atoms with E-state index < -0.39 is 29.4 Å². The number of H-pyrrole nitrogens is 1. The summed E-state index contributed by atoms with van der Waals surface area (Å²) < 4.78 is 26.5. The number of thioether (sulfide) groups is 1. The van der Waals surface area contributed by atoms with E-state index in [1.807, 2.05) is 0 Å². The highest BCUT2D eigenvalue weighted by Gasteiger charge is 2.36. The van der Waals surface area contributed by atoms with Crippen LogP contribution in [0.25, 0.3) is 17.0 Å². The van der Waals surface area contributed by atoms with Crippen molar-refractivity contribution < 1.29 is 23.2 Å². The number of imide groups is 1. The van der Waals surface area contributed by atoms with E-state index >= 15 is 0 Å². The fourth-order valence-corrected chi connectivity index (χ4v) is 4.08. The van der Waals surface area contributed by atoms with E-state index in [1.54, 1.807) is 12.3 Å². The summed E-state index contributed by atoms with van der Waals surface area (Å²) in [5.41, 5.74) is 2.23. The van der Waals surface area contributed by atoms with Crippen LogP contribution in [0, 0.1) is 11.6 Å². The molecule has 3 aromatic rings. The van der Waals surface area contributed by atoms with Crippen molar-refractivity contribution in [3.05, 3.63) is 76.3 Å². The van der Waals surface area contributed by atoms with Crippen molar-refractivity contribution in [1.29, 1.82) is 0 Å². The van der Waals surface area contributed by atoms with Gasteiger partial charge in [0.2, 0.25) is 5.91 Å². The number of hydrogen-bond acceptors (Lipinski definition) is 4. The third-order valence-corrected chi connectivity index (χ3v) is 5.70. The van der Waals surface area contributed by atoms with Crippen molar-refractivity contribution in [2.75, 3.05) is 13.1 Å². The number of fused-ring (bicyclic) bond motifs is 1. The number of carbonyl (C=O) groups is 3. The van der Waals surface area contributed by atoms with Crippen LogP contribution in [0.2, 0.25) is 0 Å². The van der Waals surface area contributed by atoms with Gasteiger partial charge in [0.25, 0.3) is 11.1 Å². The molecule has 1 aliphatic heterocycles. The van der Waals surface area contributed by atoms with Gasteiger partial charge in [0.1, 0.15) is 18.2 Å². The van der Waals surface area contributed by atoms with E-state index in [2.05, 4.69) is 10.3 Å². The van der Waals surface area contributed by atoms with Crippen molar-refractivity contribution in [2.45, 2.75) is 6.42 Å². The lowest BCUT2D eigenvalue weighted by molar-refractivity contribution is -0.129. The first kappa shape index (κ1) is 20.8. The molecular formula is C22H17F2N3O3S. The molecule has 31 heavy (non-hydrogen) atoms. The Kier molecular flexibility index (Phi) is 5.85. The van der Waals surface area contributed by atoms with Crippen LogP contribution >= 0.6 is 11.8 Å². The van der Waals surface area contributed by atoms with Gasteiger partial charge in [-0.1, -0.05) is 12.1 Å². The molecule has 2 N–H and O–H groups in total. The molecule has 3 amide bonds. The van der Waals surface area contributed by atoms with Crippen LogP contribution in [-0.2, 0) is 16.0 Å². The fourth-order valence-electron chi connectivity index (χ4n) is 3.24. The zero-order valence-corrected chi connectivity index (χ0v) is 17.0. The minimum atomic E-state index is -0.568. The second kappa shape index (κ2) is 8.73. The Labute approximate surface area is 180 Å². The van der Waals surface area contributed by atoms with Crippen LogP contribution in [0.5, 0.6) is 0 Å². The summed E-state index contributed by atoms with van der Waals surface area (Å²) in [6.07, 6.45) is 3.70. The highest BCUT2D eigenvalue weighted by Crippen LogP contribution is 2.32. The Morgan fingerprint density at radius 2 is 1.84 bits per heavy atom. The summed E-state index contributed by atoms with van der Waals surface area (Å²) in [4.78, 5) is 41.0. The topological polar surface area (TPSA) is 82.3 Å². The third kappa shape index (κ3) is 4.66. The number of rotatable bonds is 6. The summed E-state index contributed by atoms with van der Waals surface area (Å²) in [6, 6.07) is 9.94. The lowest BCUT2D eigenvalue weighted by atomic mass is 10.1. The summed E-state index contributed by atoms with van der Waals surface area (Å²) in [5.74, 6) is -1.79. The second-order valence-electron chi connectivity index (χ2n) is 6.92. The maximum absolute atomic E-state index is 13.5. The molecule has 0 atom stereocenters. The number of carbonyl (C=O) groups excluding carboxylic acids is 3. The van der Waals surface area contributed by atoms with Gasteiger partial charge in [-0.05, 0) is 65.7 Å². The zero-order valence-electron chi connectivity index (χ0n) is 16.2. The van der Waals surface area contributed by atoms with Gasteiger partial charge in [0.05, 0.1) is 4.91 Å². The predicted octanol–water partition coefficient (Wildman–Crippen LogP) is 3.84. The molecule has 9 heteroatoms. The number of aromatic amines is 1. The quantitative estimate of drug-likeness (QED) is 0.570. The summed E-state index contributed by atoms with van der Waals surface area (Å²) in [6.45, 7) is -0.127. The van der Waals surface area contributed by atoms with E-state index in [1.165, 1.54) is 42.5 Å². The highest BCUT2D eigenvalue weighted by molar-refractivity contribution is 8.18. The number of nitrogens with zero attached hydrogens (tertiary/aromatic N) is 1. The predicted molar refractivity (Wildman–Crippen MR) is 114 cm³/mol. The average molecular weight is 441 g/mol. The first-order chi connectivity index (χ1) is 14.9. The SMILES string of the molecule is O=C(CN1C(=O)SC(=Cc2ccc(F)cc2)C1=O)NCCc1c[nH]c2ccc(F)cc12. The van der Waals surface area contributed by atoms with Crippen LogP contribution in [0.15, 0.2) is 53.6 Å². The lowest BCUT2D eigenvalue weighted by Crippen LogP contribution is -2.40. The van der Waals surface area contributed by atoms with Crippen LogP contribution < -0.4 is 5.32 Å². The normalized spacial score (nSPS) is 15.3. The minimum Gasteiger partial charge on any atom is -0.361 e. The molecule has 0 bridgehead atoms. The lowest BCUT2D eigenvalue weighted by Gasteiger charge is -2.12. The maximum atomic E-state index is 13.5. The maximum Gasteiger partial charge on any atom is 0.294 e. The van der Waals surface area contributed by atoms with Gasteiger partial charge >= 0.3 is 0 Å². The number of benzene rings is 2. The zero-order chi connectivity index (χ0) is 22.0. The van der Waals surface area contributed by atoms with E-state index in [0.717, 1.165) is 33.1 Å². The standard InChI is InChI=1S/C22H17F2N3O3S/c23-15-3-1-13(2-4-15)9-19-21(29)27(22(30)31-19)12-20(28)25-8-7-14-11-26-18-6-5-16(24)10-17(14)18/h1-6,9-11,26H,7-8,12H2,(H,25,28). The summed E-state index contributed by atoms with van der Waals surface area (Å²) in [5, 5.41) is 2.88. The molecule has 0 aliphatic carbocycles. The summed E-state index contributed by atoms with van der Waals surface area (Å²) in [7, 11) is 0. The van der Waals surface area contributed by atoms with Gasteiger partial charge in [0.15, 0.2) is 0 Å². The Bertz CT molecular complexity index is 1200. The first-order valence-corrected chi connectivity index (χ1v) is 10.3. The minimum absolute atomic E-state index is 0.172. The smallest absolute Gasteiger partial charge is 0.294 e. The molecule has 6 nitrogen and oxygen atoms in total. The van der Waals surface area contributed by atoms with Gasteiger partial charge in [-0.3, -0.25) is 19.3 Å². The van der Waals surface area contributed by atoms with Crippen molar-refractivity contribution in [3.63, 3.8) is 0 Å². The van der Waals surface area contributed by atoms with E-state index in [0.29, 0.717) is 12.0 Å². The Balaban J connectivity index is 1.33. The molecule has 0 unspecified atom stereocenters. The van der Waals surface area contributed by atoms with Gasteiger partial charge < -0.3 is 10.3 Å². The molecule has 0 saturated carbocycles. The van der Waals surface area contributed by atoms with Crippen molar-refractivity contribution in [2.24, 2.45) is 0 Å². The molecule has 1 saturated heterocycles. The Morgan fingerprint density at radius 3 is 2.61 bits per heavy atom. The second-order valence-corrected chi connectivity index (χ2v) is 7.92. The van der Waals surface area contributed by atoms with Gasteiger partial charge in [-0.15, -0.1) is 0 Å². The summed E-state index contributed by atoms with van der Waals surface area (Å²) >= 11 is 0.733. The third-order valence-electron chi connectivity index (χ3n) is 4.79. The van der Waals surface area contributed by atoms with Gasteiger partial charge in [0, 0.05) is 23.6 Å². The molecule has 2 aromatic carbocycles. The molecular weight excluding hydrogens is 424 g/mol. The molecule has 2 heterocycles. The van der Waals surface area contributed by atoms with Crippen LogP contribution in [-0.4, -0.2) is 40.0 Å². The number of aromatic nitrogens is 1. The van der Waals surface area contributed by atoms with Crippen molar-refractivity contribution >= 4 is 45.8 Å². The van der Waals surface area contributed by atoms with Crippen LogP contribution in [0.4, 0.5) is 13.6 Å². The highest BCUT2D eigenvalue weighted by atomic mass is 32.2. The largest absolute Gasteiger partial charge is 0.361 e. The van der Waals surface area contributed by atoms with Gasteiger partial charge in [-0.25, -0.2) is 8.78 Å². The van der Waals surface area contributed by atoms with Crippen LogP contribution in [0.1, 0.15) is 11.1 Å². The average Bonchev–Trinajstić information content (AvgIpc) is 3.25. The molecule has 1 fully saturated rings. The molecule has 4 rings (SSSR count). The number of nitrogens with one attached hydrogen (secondary N) is 2. The molecule has 0 radical (unpaired) electrons. The van der Waals surface area contributed by atoms with Crippen molar-refractivity contribution in [1.82, 2.24) is 15.2 Å². The molecule has 1 aromatic heterocycles. The first-order valence-electron chi connectivity index (χ1n) is 9.44. The van der Waals surface area contributed by atoms with E-state index in [9.17, 15) is 23.2 Å². The fraction of sp³-hybridized carbons (Fsp3) is 0.136. The van der Waals surface area contributed by atoms with Crippen LogP contribution in [0.3, 0.4) is 0 Å². The molecule has 158 valence electrons. The Hall–Kier alpha value is -3.46. The number of halogens is 2. The molecule has 1 aliphatic rings. The monoisotopic (exact) mass is 441 g/mol. The van der Waals surface area contributed by atoms with E-state index in [-0.39, 0.29) is 17.3 Å². The molecule has 0 spiro atoms. The van der Waals surface area contributed by atoms with E-state index in [4.69, 9.17) is 0 Å². The van der Waals surface area contributed by atoms with Crippen molar-refractivity contribution in [3.8, 4) is 0 Å². The Morgan fingerprint density at radius 1 is 1.10 bits per heavy atom. The van der Waals surface area contributed by atoms with Gasteiger partial charge in [-0.2, -0.15) is 0 Å². The number of hydrogen-bond donors (Lipinski definition) is 2.